The van der Waals surface area contributed by atoms with E-state index in [-0.39, 0.29) is 6.61 Å². The van der Waals surface area contributed by atoms with Crippen LogP contribution in [0.4, 0.5) is 0 Å². The zero-order valence-electron chi connectivity index (χ0n) is 11.3. The van der Waals surface area contributed by atoms with Crippen LogP contribution < -0.4 is 0 Å². The first-order valence-corrected chi connectivity index (χ1v) is 7.36. The molecule has 0 spiro atoms. The Hall–Kier alpha value is -0.120. The highest BCUT2D eigenvalue weighted by molar-refractivity contribution is 4.86. The average Bonchev–Trinajstić information content (AvgIpc) is 2.66. The quantitative estimate of drug-likeness (QED) is 0.758. The summed E-state index contributed by atoms with van der Waals surface area (Å²) in [5.41, 5.74) is 0. The second-order valence-electron chi connectivity index (χ2n) is 5.79. The molecular formula is C14H28N2O. The molecule has 0 aromatic heterocycles. The van der Waals surface area contributed by atoms with Gasteiger partial charge in [-0.2, -0.15) is 0 Å². The van der Waals surface area contributed by atoms with Crippen molar-refractivity contribution in [3.63, 3.8) is 0 Å². The van der Waals surface area contributed by atoms with Crippen LogP contribution in [0, 0.1) is 0 Å². The summed E-state index contributed by atoms with van der Waals surface area (Å²) in [6.07, 6.45) is 9.85. The van der Waals surface area contributed by atoms with E-state index in [0.717, 1.165) is 12.6 Å². The lowest BCUT2D eigenvalue weighted by Gasteiger charge is -2.28. The lowest BCUT2D eigenvalue weighted by Crippen LogP contribution is -2.39. The standard InChI is InChI=1S/C14H28N2O/c1-15(10-11-17)14-8-9-16(12-14)13-6-4-2-3-5-7-13/h13-14,17H,2-12H2,1H3. The van der Waals surface area contributed by atoms with Crippen LogP contribution in [0.15, 0.2) is 0 Å². The minimum atomic E-state index is 0.288. The van der Waals surface area contributed by atoms with Crippen molar-refractivity contribution < 1.29 is 5.11 Å². The fraction of sp³-hybridized carbons (Fsp3) is 1.00. The lowest BCUT2D eigenvalue weighted by atomic mass is 10.1. The van der Waals surface area contributed by atoms with Crippen molar-refractivity contribution in [2.75, 3.05) is 33.3 Å². The molecule has 0 amide bonds. The largest absolute Gasteiger partial charge is 0.395 e. The number of aliphatic hydroxyl groups is 1. The summed E-state index contributed by atoms with van der Waals surface area (Å²) in [5, 5.41) is 8.99. The Morgan fingerprint density at radius 2 is 1.82 bits per heavy atom. The van der Waals surface area contributed by atoms with Gasteiger partial charge in [0.1, 0.15) is 0 Å². The Kier molecular flexibility index (Phi) is 5.26. The van der Waals surface area contributed by atoms with Gasteiger partial charge in [0.2, 0.25) is 0 Å². The maximum absolute atomic E-state index is 8.99. The molecule has 1 atom stereocenters. The fourth-order valence-corrected chi connectivity index (χ4v) is 3.42. The van der Waals surface area contributed by atoms with Crippen molar-refractivity contribution >= 4 is 0 Å². The van der Waals surface area contributed by atoms with Gasteiger partial charge in [0.15, 0.2) is 0 Å². The third-order valence-corrected chi connectivity index (χ3v) is 4.61. The van der Waals surface area contributed by atoms with Crippen LogP contribution in [-0.4, -0.2) is 60.3 Å². The summed E-state index contributed by atoms with van der Waals surface area (Å²) in [6, 6.07) is 1.52. The second-order valence-corrected chi connectivity index (χ2v) is 5.79. The van der Waals surface area contributed by atoms with Gasteiger partial charge in [-0.15, -0.1) is 0 Å². The number of aliphatic hydroxyl groups excluding tert-OH is 1. The van der Waals surface area contributed by atoms with Crippen molar-refractivity contribution in [3.05, 3.63) is 0 Å². The molecule has 1 aliphatic heterocycles. The van der Waals surface area contributed by atoms with Crippen LogP contribution in [0.2, 0.25) is 0 Å². The normalized spacial score (nSPS) is 28.8. The summed E-state index contributed by atoms with van der Waals surface area (Å²) < 4.78 is 0. The number of rotatable bonds is 4. The van der Waals surface area contributed by atoms with Gasteiger partial charge in [0.25, 0.3) is 0 Å². The molecule has 100 valence electrons. The molecule has 0 aromatic carbocycles. The summed E-state index contributed by atoms with van der Waals surface area (Å²) >= 11 is 0. The predicted molar refractivity (Wildman–Crippen MR) is 71.2 cm³/mol. The smallest absolute Gasteiger partial charge is 0.0558 e. The van der Waals surface area contributed by atoms with E-state index in [1.807, 2.05) is 0 Å². The van der Waals surface area contributed by atoms with Gasteiger partial charge < -0.3 is 5.11 Å². The molecule has 3 nitrogen and oxygen atoms in total. The molecule has 2 aliphatic rings. The molecule has 2 rings (SSSR count). The first-order valence-electron chi connectivity index (χ1n) is 7.36. The molecule has 1 N–H and O–H groups in total. The molecule has 1 unspecified atom stereocenters. The Morgan fingerprint density at radius 1 is 1.12 bits per heavy atom. The van der Waals surface area contributed by atoms with E-state index in [0.29, 0.717) is 6.04 Å². The van der Waals surface area contributed by atoms with E-state index in [9.17, 15) is 0 Å². The summed E-state index contributed by atoms with van der Waals surface area (Å²) in [4.78, 5) is 5.04. The topological polar surface area (TPSA) is 26.7 Å². The predicted octanol–water partition coefficient (Wildman–Crippen LogP) is 1.71. The second kappa shape index (κ2) is 6.72. The molecule has 0 bridgehead atoms. The van der Waals surface area contributed by atoms with Crippen LogP contribution in [0.1, 0.15) is 44.9 Å². The summed E-state index contributed by atoms with van der Waals surface area (Å²) in [5.74, 6) is 0. The molecule has 1 heterocycles. The van der Waals surface area contributed by atoms with Crippen molar-refractivity contribution in [2.45, 2.75) is 57.0 Å². The zero-order chi connectivity index (χ0) is 12.1. The van der Waals surface area contributed by atoms with E-state index in [1.54, 1.807) is 0 Å². The van der Waals surface area contributed by atoms with Gasteiger partial charge in [-0.1, -0.05) is 25.7 Å². The molecular weight excluding hydrogens is 212 g/mol. The first kappa shape index (κ1) is 13.3. The highest BCUT2D eigenvalue weighted by Crippen LogP contribution is 2.26. The number of hydrogen-bond acceptors (Lipinski definition) is 3. The number of likely N-dealkylation sites (N-methyl/N-ethyl adjacent to an activating group) is 1. The van der Waals surface area contributed by atoms with Crippen LogP contribution in [0.5, 0.6) is 0 Å². The fourth-order valence-electron chi connectivity index (χ4n) is 3.42. The van der Waals surface area contributed by atoms with Gasteiger partial charge in [-0.3, -0.25) is 9.80 Å². The maximum Gasteiger partial charge on any atom is 0.0558 e. The molecule has 1 saturated heterocycles. The van der Waals surface area contributed by atoms with E-state index in [2.05, 4.69) is 16.8 Å². The Morgan fingerprint density at radius 3 is 2.47 bits per heavy atom. The van der Waals surface area contributed by atoms with E-state index in [4.69, 9.17) is 5.11 Å². The molecule has 1 saturated carbocycles. The van der Waals surface area contributed by atoms with Crippen LogP contribution in [0.25, 0.3) is 0 Å². The molecule has 0 radical (unpaired) electrons. The minimum absolute atomic E-state index is 0.288. The average molecular weight is 240 g/mol. The minimum Gasteiger partial charge on any atom is -0.395 e. The number of nitrogens with zero attached hydrogens (tertiary/aromatic N) is 2. The molecule has 3 heteroatoms. The third kappa shape index (κ3) is 3.67. The first-order chi connectivity index (χ1) is 8.31. The summed E-state index contributed by atoms with van der Waals surface area (Å²) in [6.45, 7) is 3.60. The van der Waals surface area contributed by atoms with Gasteiger partial charge >= 0.3 is 0 Å². The van der Waals surface area contributed by atoms with E-state index in [1.165, 1.54) is 58.0 Å². The van der Waals surface area contributed by atoms with Crippen LogP contribution in [0.3, 0.4) is 0 Å². The monoisotopic (exact) mass is 240 g/mol. The van der Waals surface area contributed by atoms with Crippen molar-refractivity contribution in [1.82, 2.24) is 9.80 Å². The van der Waals surface area contributed by atoms with Gasteiger partial charge in [0.05, 0.1) is 6.61 Å². The van der Waals surface area contributed by atoms with Gasteiger partial charge in [-0.05, 0) is 26.3 Å². The number of likely N-dealkylation sites (tertiary alicyclic amines) is 1. The molecule has 1 aliphatic carbocycles. The van der Waals surface area contributed by atoms with E-state index < -0.39 is 0 Å². The Labute approximate surface area is 106 Å². The lowest BCUT2D eigenvalue weighted by molar-refractivity contribution is 0.163. The zero-order valence-corrected chi connectivity index (χ0v) is 11.3. The van der Waals surface area contributed by atoms with Gasteiger partial charge in [0, 0.05) is 31.7 Å². The van der Waals surface area contributed by atoms with Crippen LogP contribution >= 0.6 is 0 Å². The van der Waals surface area contributed by atoms with E-state index >= 15 is 0 Å². The van der Waals surface area contributed by atoms with Crippen molar-refractivity contribution in [3.8, 4) is 0 Å². The Bertz CT molecular complexity index is 214. The number of hydrogen-bond donors (Lipinski definition) is 1. The summed E-state index contributed by atoms with van der Waals surface area (Å²) in [7, 11) is 2.15. The van der Waals surface area contributed by atoms with Crippen LogP contribution in [-0.2, 0) is 0 Å². The van der Waals surface area contributed by atoms with Gasteiger partial charge in [-0.25, -0.2) is 0 Å². The van der Waals surface area contributed by atoms with Crippen molar-refractivity contribution in [2.24, 2.45) is 0 Å². The maximum atomic E-state index is 8.99. The molecule has 0 aromatic rings. The molecule has 2 fully saturated rings. The SMILES string of the molecule is CN(CCO)C1CCN(C2CCCCCC2)C1. The molecule has 17 heavy (non-hydrogen) atoms. The highest BCUT2D eigenvalue weighted by atomic mass is 16.3. The van der Waals surface area contributed by atoms with Crippen molar-refractivity contribution in [1.29, 1.82) is 0 Å². The Balaban J connectivity index is 1.79. The third-order valence-electron chi connectivity index (χ3n) is 4.61. The highest BCUT2D eigenvalue weighted by Gasteiger charge is 2.30.